The Balaban J connectivity index is 1.34. The van der Waals surface area contributed by atoms with Gasteiger partial charge >= 0.3 is 0 Å². The average molecular weight is 441 g/mol. The molecule has 0 atom stereocenters. The number of carbonyl (C=O) groups excluding carboxylic acids is 1. The largest absolute Gasteiger partial charge is 0.337 e. The zero-order valence-electron chi connectivity index (χ0n) is 16.9. The Kier molecular flexibility index (Phi) is 6.01. The van der Waals surface area contributed by atoms with Crippen LogP contribution < -0.4 is 0 Å². The fourth-order valence-corrected chi connectivity index (χ4v) is 5.65. The zero-order chi connectivity index (χ0) is 21.1. The lowest BCUT2D eigenvalue weighted by Crippen LogP contribution is -2.39. The number of benzene rings is 2. The molecule has 1 aromatic heterocycles. The SMILES string of the molecule is Cc1ccc(-c2nc(CCS(=O)(=O)CC(=O)N3CCc4ccccc4C3)cs2)cc1. The second kappa shape index (κ2) is 8.70. The summed E-state index contributed by atoms with van der Waals surface area (Å²) >= 11 is 1.51. The van der Waals surface area contributed by atoms with Gasteiger partial charge in [0.2, 0.25) is 5.91 Å². The molecule has 5 nitrogen and oxygen atoms in total. The van der Waals surface area contributed by atoms with Gasteiger partial charge in [0.25, 0.3) is 0 Å². The molecule has 0 saturated heterocycles. The Bertz CT molecular complexity index is 1150. The number of amides is 1. The highest BCUT2D eigenvalue weighted by Crippen LogP contribution is 2.24. The normalized spacial score (nSPS) is 13.8. The summed E-state index contributed by atoms with van der Waals surface area (Å²) in [6, 6.07) is 16.1. The molecule has 2 heterocycles. The van der Waals surface area contributed by atoms with Crippen LogP contribution in [0, 0.1) is 6.92 Å². The lowest BCUT2D eigenvalue weighted by molar-refractivity contribution is -0.129. The maximum Gasteiger partial charge on any atom is 0.238 e. The molecular formula is C23H24N2O3S2. The van der Waals surface area contributed by atoms with Crippen LogP contribution in [0.5, 0.6) is 0 Å². The molecule has 0 bridgehead atoms. The van der Waals surface area contributed by atoms with Crippen molar-refractivity contribution in [2.24, 2.45) is 0 Å². The molecule has 4 rings (SSSR count). The van der Waals surface area contributed by atoms with Crippen molar-refractivity contribution in [3.05, 3.63) is 76.3 Å². The van der Waals surface area contributed by atoms with Crippen molar-refractivity contribution in [1.29, 1.82) is 0 Å². The minimum atomic E-state index is -3.49. The van der Waals surface area contributed by atoms with Gasteiger partial charge in [-0.25, -0.2) is 13.4 Å². The van der Waals surface area contributed by atoms with E-state index in [2.05, 4.69) is 11.1 Å². The van der Waals surface area contributed by atoms with Crippen molar-refractivity contribution in [3.63, 3.8) is 0 Å². The van der Waals surface area contributed by atoms with Crippen LogP contribution in [0.2, 0.25) is 0 Å². The summed E-state index contributed by atoms with van der Waals surface area (Å²) in [5, 5.41) is 2.78. The van der Waals surface area contributed by atoms with E-state index in [4.69, 9.17) is 0 Å². The maximum atomic E-state index is 12.6. The molecule has 3 aromatic rings. The summed E-state index contributed by atoms with van der Waals surface area (Å²) in [5.41, 5.74) is 5.29. The molecule has 0 fully saturated rings. The van der Waals surface area contributed by atoms with E-state index in [9.17, 15) is 13.2 Å². The lowest BCUT2D eigenvalue weighted by atomic mass is 10.00. The predicted octanol–water partition coefficient (Wildman–Crippen LogP) is 3.66. The number of carbonyl (C=O) groups is 1. The Labute approximate surface area is 181 Å². The molecule has 1 amide bonds. The number of hydrogen-bond donors (Lipinski definition) is 0. The summed E-state index contributed by atoms with van der Waals surface area (Å²) < 4.78 is 25.1. The van der Waals surface area contributed by atoms with Crippen molar-refractivity contribution in [2.45, 2.75) is 26.3 Å². The molecule has 156 valence electrons. The first-order valence-corrected chi connectivity index (χ1v) is 12.7. The second-order valence-electron chi connectivity index (χ2n) is 7.69. The van der Waals surface area contributed by atoms with Crippen LogP contribution in [-0.4, -0.2) is 42.3 Å². The number of rotatable bonds is 6. The third-order valence-corrected chi connectivity index (χ3v) is 7.80. The lowest BCUT2D eigenvalue weighted by Gasteiger charge is -2.28. The van der Waals surface area contributed by atoms with E-state index in [1.807, 2.05) is 54.8 Å². The van der Waals surface area contributed by atoms with Crippen molar-refractivity contribution in [2.75, 3.05) is 18.1 Å². The van der Waals surface area contributed by atoms with Crippen LogP contribution in [-0.2, 0) is 34.0 Å². The molecule has 0 radical (unpaired) electrons. The van der Waals surface area contributed by atoms with Gasteiger partial charge in [0, 0.05) is 30.5 Å². The Morgan fingerprint density at radius 1 is 1.10 bits per heavy atom. The van der Waals surface area contributed by atoms with Gasteiger partial charge in [0.1, 0.15) is 10.8 Å². The van der Waals surface area contributed by atoms with Gasteiger partial charge in [-0.2, -0.15) is 0 Å². The van der Waals surface area contributed by atoms with Crippen molar-refractivity contribution >= 4 is 27.1 Å². The highest BCUT2D eigenvalue weighted by atomic mass is 32.2. The van der Waals surface area contributed by atoms with Gasteiger partial charge in [-0.15, -0.1) is 11.3 Å². The Morgan fingerprint density at radius 3 is 2.60 bits per heavy atom. The van der Waals surface area contributed by atoms with Gasteiger partial charge in [-0.1, -0.05) is 54.1 Å². The fraction of sp³-hybridized carbons (Fsp3) is 0.304. The Hall–Kier alpha value is -2.51. The first-order valence-electron chi connectivity index (χ1n) is 9.96. The number of thiazole rings is 1. The molecule has 2 aromatic carbocycles. The summed E-state index contributed by atoms with van der Waals surface area (Å²) in [7, 11) is -3.49. The van der Waals surface area contributed by atoms with Gasteiger partial charge < -0.3 is 4.90 Å². The molecule has 1 aliphatic rings. The van der Waals surface area contributed by atoms with Gasteiger partial charge in [0.05, 0.1) is 11.4 Å². The quantitative estimate of drug-likeness (QED) is 0.587. The molecule has 0 N–H and O–H groups in total. The first-order chi connectivity index (χ1) is 14.4. The highest BCUT2D eigenvalue weighted by Gasteiger charge is 2.25. The maximum absolute atomic E-state index is 12.6. The molecule has 0 spiro atoms. The molecule has 1 aliphatic heterocycles. The van der Waals surface area contributed by atoms with Crippen molar-refractivity contribution in [1.82, 2.24) is 9.88 Å². The van der Waals surface area contributed by atoms with Gasteiger partial charge in [-0.05, 0) is 24.5 Å². The minimum Gasteiger partial charge on any atom is -0.337 e. The number of aromatic nitrogens is 1. The minimum absolute atomic E-state index is 0.0692. The molecule has 30 heavy (non-hydrogen) atoms. The Morgan fingerprint density at radius 2 is 1.83 bits per heavy atom. The van der Waals surface area contributed by atoms with Crippen molar-refractivity contribution in [3.8, 4) is 10.6 Å². The standard InChI is InChI=1S/C23H24N2O3S2/c1-17-6-8-19(9-7-17)23-24-21(15-29-23)11-13-30(27,28)16-22(26)25-12-10-18-4-2-3-5-20(18)14-25/h2-9,15H,10-14,16H2,1H3. The molecule has 0 saturated carbocycles. The third-order valence-electron chi connectivity index (χ3n) is 5.35. The third kappa shape index (κ3) is 4.96. The molecular weight excluding hydrogens is 416 g/mol. The zero-order valence-corrected chi connectivity index (χ0v) is 18.5. The van der Waals surface area contributed by atoms with Crippen LogP contribution in [0.15, 0.2) is 53.9 Å². The first kappa shape index (κ1) is 20.8. The summed E-state index contributed by atoms with van der Waals surface area (Å²) in [5.74, 6) is -0.826. The van der Waals surface area contributed by atoms with Crippen LogP contribution in [0.4, 0.5) is 0 Å². The van der Waals surface area contributed by atoms with E-state index >= 15 is 0 Å². The van der Waals surface area contributed by atoms with Crippen molar-refractivity contribution < 1.29 is 13.2 Å². The van der Waals surface area contributed by atoms with E-state index < -0.39 is 15.6 Å². The number of nitrogens with zero attached hydrogens (tertiary/aromatic N) is 2. The second-order valence-corrected chi connectivity index (χ2v) is 10.7. The average Bonchev–Trinajstić information content (AvgIpc) is 3.21. The predicted molar refractivity (Wildman–Crippen MR) is 120 cm³/mol. The van der Waals surface area contributed by atoms with E-state index in [1.54, 1.807) is 4.90 Å². The fourth-order valence-electron chi connectivity index (χ4n) is 3.57. The monoisotopic (exact) mass is 440 g/mol. The number of aryl methyl sites for hydroxylation is 2. The summed E-state index contributed by atoms with van der Waals surface area (Å²) in [6.45, 7) is 3.08. The summed E-state index contributed by atoms with van der Waals surface area (Å²) in [6.07, 6.45) is 1.09. The van der Waals surface area contributed by atoms with Gasteiger partial charge in [-0.3, -0.25) is 4.79 Å². The van der Waals surface area contributed by atoms with E-state index in [0.29, 0.717) is 19.5 Å². The van der Waals surface area contributed by atoms with E-state index in [1.165, 1.54) is 22.5 Å². The summed E-state index contributed by atoms with van der Waals surface area (Å²) in [4.78, 5) is 18.8. The molecule has 7 heteroatoms. The topological polar surface area (TPSA) is 67.3 Å². The molecule has 0 unspecified atom stereocenters. The van der Waals surface area contributed by atoms with Crippen LogP contribution in [0.1, 0.15) is 22.4 Å². The van der Waals surface area contributed by atoms with Crippen LogP contribution >= 0.6 is 11.3 Å². The van der Waals surface area contributed by atoms with E-state index in [-0.39, 0.29) is 11.7 Å². The smallest absolute Gasteiger partial charge is 0.238 e. The number of hydrogen-bond acceptors (Lipinski definition) is 5. The highest BCUT2D eigenvalue weighted by molar-refractivity contribution is 7.92. The number of fused-ring (bicyclic) bond motifs is 1. The number of sulfone groups is 1. The molecule has 0 aliphatic carbocycles. The van der Waals surface area contributed by atoms with Gasteiger partial charge in [0.15, 0.2) is 9.84 Å². The van der Waals surface area contributed by atoms with Crippen LogP contribution in [0.25, 0.3) is 10.6 Å². The van der Waals surface area contributed by atoms with Crippen LogP contribution in [0.3, 0.4) is 0 Å². The van der Waals surface area contributed by atoms with E-state index in [0.717, 1.165) is 28.2 Å².